The van der Waals surface area contributed by atoms with Crippen molar-refractivity contribution in [2.75, 3.05) is 7.05 Å². The standard InChI is InChI=1S/C15H13ClF3N/c1-8-5-9(16)3-4-11(8)15(20-2)14-12(18)6-10(17)7-13(14)19/h3-7,15,20H,1-2H3. The van der Waals surface area contributed by atoms with Gasteiger partial charge in [0.25, 0.3) is 0 Å². The SMILES string of the molecule is CNC(c1ccc(Cl)cc1C)c1c(F)cc(F)cc1F. The van der Waals surface area contributed by atoms with Gasteiger partial charge < -0.3 is 5.32 Å². The molecule has 2 aromatic carbocycles. The van der Waals surface area contributed by atoms with Crippen LogP contribution in [0.25, 0.3) is 0 Å². The van der Waals surface area contributed by atoms with Gasteiger partial charge in [0.05, 0.1) is 6.04 Å². The molecule has 2 rings (SSSR count). The Labute approximate surface area is 120 Å². The highest BCUT2D eigenvalue weighted by Crippen LogP contribution is 2.30. The summed E-state index contributed by atoms with van der Waals surface area (Å²) in [4.78, 5) is 0. The van der Waals surface area contributed by atoms with Crippen molar-refractivity contribution in [3.8, 4) is 0 Å². The fraction of sp³-hybridized carbons (Fsp3) is 0.200. The van der Waals surface area contributed by atoms with E-state index in [0.29, 0.717) is 22.7 Å². The Hall–Kier alpha value is -1.52. The zero-order valence-corrected chi connectivity index (χ0v) is 11.7. The van der Waals surface area contributed by atoms with E-state index in [1.165, 1.54) is 0 Å². The normalized spacial score (nSPS) is 12.5. The summed E-state index contributed by atoms with van der Waals surface area (Å²) in [5.74, 6) is -2.78. The number of aryl methyl sites for hydroxylation is 1. The summed E-state index contributed by atoms with van der Waals surface area (Å²) in [6.45, 7) is 1.80. The van der Waals surface area contributed by atoms with E-state index in [2.05, 4.69) is 5.32 Å². The van der Waals surface area contributed by atoms with Crippen LogP contribution in [0.4, 0.5) is 13.2 Å². The molecule has 0 radical (unpaired) electrons. The van der Waals surface area contributed by atoms with Crippen molar-refractivity contribution in [2.24, 2.45) is 0 Å². The van der Waals surface area contributed by atoms with Crippen LogP contribution >= 0.6 is 11.6 Å². The lowest BCUT2D eigenvalue weighted by atomic mass is 9.94. The molecule has 0 saturated heterocycles. The molecule has 0 amide bonds. The summed E-state index contributed by atoms with van der Waals surface area (Å²) in [5.41, 5.74) is 1.26. The van der Waals surface area contributed by atoms with Gasteiger partial charge in [-0.3, -0.25) is 0 Å². The van der Waals surface area contributed by atoms with Gasteiger partial charge in [-0.05, 0) is 37.2 Å². The van der Waals surface area contributed by atoms with Crippen LogP contribution in [0.5, 0.6) is 0 Å². The highest BCUT2D eigenvalue weighted by molar-refractivity contribution is 6.30. The number of benzene rings is 2. The van der Waals surface area contributed by atoms with Crippen molar-refractivity contribution in [3.05, 3.63) is 69.5 Å². The van der Waals surface area contributed by atoms with Gasteiger partial charge in [0, 0.05) is 22.7 Å². The third-order valence-corrected chi connectivity index (χ3v) is 3.40. The second kappa shape index (κ2) is 5.85. The van der Waals surface area contributed by atoms with E-state index in [-0.39, 0.29) is 5.56 Å². The molecule has 0 bridgehead atoms. The molecule has 0 aliphatic carbocycles. The minimum Gasteiger partial charge on any atom is -0.309 e. The number of halogens is 4. The van der Waals surface area contributed by atoms with Gasteiger partial charge in [0.1, 0.15) is 17.5 Å². The first-order chi connectivity index (χ1) is 9.43. The van der Waals surface area contributed by atoms with E-state index < -0.39 is 23.5 Å². The summed E-state index contributed by atoms with van der Waals surface area (Å²) in [6.07, 6.45) is 0. The number of hydrogen-bond donors (Lipinski definition) is 1. The van der Waals surface area contributed by atoms with Gasteiger partial charge in [-0.2, -0.15) is 0 Å². The fourth-order valence-corrected chi connectivity index (χ4v) is 2.47. The maximum absolute atomic E-state index is 13.9. The van der Waals surface area contributed by atoms with E-state index in [9.17, 15) is 13.2 Å². The van der Waals surface area contributed by atoms with Crippen molar-refractivity contribution >= 4 is 11.6 Å². The summed E-state index contributed by atoms with van der Waals surface area (Å²) < 4.78 is 40.8. The van der Waals surface area contributed by atoms with Crippen LogP contribution in [0.1, 0.15) is 22.7 Å². The zero-order valence-electron chi connectivity index (χ0n) is 11.0. The van der Waals surface area contributed by atoms with Gasteiger partial charge in [0.2, 0.25) is 0 Å². The van der Waals surface area contributed by atoms with Gasteiger partial charge in [-0.1, -0.05) is 17.7 Å². The Morgan fingerprint density at radius 3 is 2.15 bits per heavy atom. The monoisotopic (exact) mass is 299 g/mol. The van der Waals surface area contributed by atoms with E-state index in [1.54, 1.807) is 32.2 Å². The van der Waals surface area contributed by atoms with E-state index in [0.717, 1.165) is 5.56 Å². The van der Waals surface area contributed by atoms with Gasteiger partial charge in [-0.15, -0.1) is 0 Å². The van der Waals surface area contributed by atoms with Crippen molar-refractivity contribution in [2.45, 2.75) is 13.0 Å². The largest absolute Gasteiger partial charge is 0.309 e. The molecule has 1 N–H and O–H groups in total. The lowest BCUT2D eigenvalue weighted by molar-refractivity contribution is 0.499. The molecule has 5 heteroatoms. The van der Waals surface area contributed by atoms with Crippen molar-refractivity contribution in [1.29, 1.82) is 0 Å². The highest BCUT2D eigenvalue weighted by atomic mass is 35.5. The van der Waals surface area contributed by atoms with Crippen molar-refractivity contribution < 1.29 is 13.2 Å². The molecule has 106 valence electrons. The first kappa shape index (κ1) is 14.9. The van der Waals surface area contributed by atoms with E-state index in [1.807, 2.05) is 0 Å². The van der Waals surface area contributed by atoms with E-state index >= 15 is 0 Å². The Bertz CT molecular complexity index is 620. The van der Waals surface area contributed by atoms with E-state index in [4.69, 9.17) is 11.6 Å². The van der Waals surface area contributed by atoms with Crippen LogP contribution in [-0.4, -0.2) is 7.05 Å². The maximum atomic E-state index is 13.9. The molecule has 1 unspecified atom stereocenters. The summed E-state index contributed by atoms with van der Waals surface area (Å²) in [5, 5.41) is 3.39. The summed E-state index contributed by atoms with van der Waals surface area (Å²) in [7, 11) is 1.58. The Balaban J connectivity index is 2.58. The maximum Gasteiger partial charge on any atom is 0.134 e. The fourth-order valence-electron chi connectivity index (χ4n) is 2.25. The topological polar surface area (TPSA) is 12.0 Å². The molecule has 0 aliphatic heterocycles. The third-order valence-electron chi connectivity index (χ3n) is 3.16. The van der Waals surface area contributed by atoms with Gasteiger partial charge in [0.15, 0.2) is 0 Å². The Kier molecular flexibility index (Phi) is 4.35. The highest BCUT2D eigenvalue weighted by Gasteiger charge is 2.23. The second-order valence-corrected chi connectivity index (χ2v) is 4.94. The van der Waals surface area contributed by atoms with Crippen molar-refractivity contribution in [3.63, 3.8) is 0 Å². The number of rotatable bonds is 3. The molecule has 0 aliphatic rings. The van der Waals surface area contributed by atoms with Gasteiger partial charge >= 0.3 is 0 Å². The molecule has 0 fully saturated rings. The molecule has 1 atom stereocenters. The zero-order chi connectivity index (χ0) is 14.9. The molecule has 0 saturated carbocycles. The lowest BCUT2D eigenvalue weighted by Crippen LogP contribution is -2.21. The second-order valence-electron chi connectivity index (χ2n) is 4.51. The molecule has 0 aromatic heterocycles. The minimum absolute atomic E-state index is 0.209. The predicted molar refractivity (Wildman–Crippen MR) is 73.4 cm³/mol. The lowest BCUT2D eigenvalue weighted by Gasteiger charge is -2.20. The molecule has 2 aromatic rings. The third kappa shape index (κ3) is 2.81. The molecule has 0 spiro atoms. The molecule has 20 heavy (non-hydrogen) atoms. The van der Waals surface area contributed by atoms with Crippen LogP contribution in [0, 0.1) is 24.4 Å². The van der Waals surface area contributed by atoms with Gasteiger partial charge in [-0.25, -0.2) is 13.2 Å². The predicted octanol–water partition coefficient (Wildman–Crippen LogP) is 4.37. The van der Waals surface area contributed by atoms with Crippen LogP contribution in [0.15, 0.2) is 30.3 Å². The molecular formula is C15H13ClF3N. The summed E-state index contributed by atoms with van der Waals surface area (Å²) in [6, 6.07) is 5.69. The van der Waals surface area contributed by atoms with Crippen LogP contribution in [0.2, 0.25) is 5.02 Å². The van der Waals surface area contributed by atoms with Crippen LogP contribution in [-0.2, 0) is 0 Å². The quantitative estimate of drug-likeness (QED) is 0.887. The summed E-state index contributed by atoms with van der Waals surface area (Å²) >= 11 is 5.88. The minimum atomic E-state index is -0.938. The Morgan fingerprint density at radius 2 is 1.65 bits per heavy atom. The first-order valence-corrected chi connectivity index (χ1v) is 6.39. The smallest absolute Gasteiger partial charge is 0.134 e. The first-order valence-electron chi connectivity index (χ1n) is 6.01. The Morgan fingerprint density at radius 1 is 1.05 bits per heavy atom. The number of hydrogen-bond acceptors (Lipinski definition) is 1. The molecule has 0 heterocycles. The average molecular weight is 300 g/mol. The average Bonchev–Trinajstić information content (AvgIpc) is 2.34. The van der Waals surface area contributed by atoms with Crippen molar-refractivity contribution in [1.82, 2.24) is 5.32 Å². The molecule has 1 nitrogen and oxygen atoms in total. The van der Waals surface area contributed by atoms with Crippen LogP contribution in [0.3, 0.4) is 0 Å². The number of nitrogens with one attached hydrogen (secondary N) is 1. The van der Waals surface area contributed by atoms with Crippen LogP contribution < -0.4 is 5.32 Å². The molecular weight excluding hydrogens is 287 g/mol.